The first-order valence-corrected chi connectivity index (χ1v) is 23.2. The summed E-state index contributed by atoms with van der Waals surface area (Å²) < 4.78 is 2.81. The minimum absolute atomic E-state index is 0.0166. The van der Waals surface area contributed by atoms with Crippen LogP contribution < -0.4 is 25.5 Å². The lowest BCUT2D eigenvalue weighted by atomic mass is 9.36. The van der Waals surface area contributed by atoms with E-state index in [1.165, 1.54) is 107 Å². The van der Waals surface area contributed by atoms with Gasteiger partial charge in [-0.25, -0.2) is 0 Å². The van der Waals surface area contributed by atoms with Gasteiger partial charge in [-0.3, -0.25) is 0 Å². The lowest BCUT2D eigenvalue weighted by molar-refractivity contribution is 0.134. The van der Waals surface area contributed by atoms with Gasteiger partial charge in [0.25, 0.3) is 6.71 Å². The maximum atomic E-state index is 2.67. The van der Waals surface area contributed by atoms with Crippen LogP contribution in [0.3, 0.4) is 0 Å². The number of anilines is 6. The smallest absolute Gasteiger partial charge is 0.264 e. The van der Waals surface area contributed by atoms with Gasteiger partial charge < -0.3 is 9.80 Å². The van der Waals surface area contributed by atoms with E-state index in [0.717, 1.165) is 5.92 Å². The summed E-state index contributed by atoms with van der Waals surface area (Å²) in [6.45, 7) is 31.1. The molecule has 5 aromatic carbocycles. The zero-order valence-electron chi connectivity index (χ0n) is 37.9. The molecule has 59 heavy (non-hydrogen) atoms. The fourth-order valence-corrected chi connectivity index (χ4v) is 13.1. The Kier molecular flexibility index (Phi) is 8.33. The van der Waals surface area contributed by atoms with Gasteiger partial charge in [-0.2, -0.15) is 0 Å². The zero-order valence-corrected chi connectivity index (χ0v) is 38.7. The second-order valence-corrected chi connectivity index (χ2v) is 23.8. The Morgan fingerprint density at radius 3 is 1.78 bits per heavy atom. The standard InChI is InChI=1S/C55H63BN2S/c1-33-28-45-48-46(29-33)58(40-20-14-34(15-21-40)42-31-38-26-27-55(42,13)54(38,11)12)49-41-30-36(52(5,6)7)19-25-47(41)59-50(49)56(48)43-32-37(53(8,9)10)18-24-44(43)57(45)39-22-16-35(17-23-39)51(2,3)4/h14-25,28-30,32,38,42H,26-27,31H2,1-13H3. The number of rotatable bonds is 3. The molecule has 2 fully saturated rings. The Labute approximate surface area is 359 Å². The van der Waals surface area contributed by atoms with Gasteiger partial charge in [0, 0.05) is 43.3 Å². The van der Waals surface area contributed by atoms with Crippen LogP contribution >= 0.6 is 11.3 Å². The molecule has 6 aromatic rings. The maximum absolute atomic E-state index is 2.67. The van der Waals surface area contributed by atoms with E-state index >= 15 is 0 Å². The molecule has 2 nitrogen and oxygen atoms in total. The van der Waals surface area contributed by atoms with E-state index in [9.17, 15) is 0 Å². The molecule has 0 saturated heterocycles. The average Bonchev–Trinajstić information content (AvgIpc) is 3.72. The van der Waals surface area contributed by atoms with Gasteiger partial charge in [0.2, 0.25) is 0 Å². The van der Waals surface area contributed by atoms with Crippen LogP contribution in [-0.2, 0) is 16.2 Å². The Bertz CT molecular complexity index is 2660. The number of nitrogens with zero attached hydrogens (tertiary/aromatic N) is 2. The molecule has 2 aliphatic carbocycles. The third-order valence-electron chi connectivity index (χ3n) is 15.9. The van der Waals surface area contributed by atoms with Crippen LogP contribution in [0.15, 0.2) is 97.1 Å². The third-order valence-corrected chi connectivity index (χ3v) is 17.1. The minimum atomic E-state index is 0.0166. The van der Waals surface area contributed by atoms with Crippen LogP contribution in [0.4, 0.5) is 34.1 Å². The zero-order chi connectivity index (χ0) is 41.8. The summed E-state index contributed by atoms with van der Waals surface area (Å²) >= 11 is 2.01. The second kappa shape index (κ2) is 12.6. The Hall–Kier alpha value is -4.28. The molecule has 0 spiro atoms. The van der Waals surface area contributed by atoms with Crippen molar-refractivity contribution in [2.24, 2.45) is 16.7 Å². The maximum Gasteiger partial charge on any atom is 0.264 e. The Balaban J connectivity index is 1.23. The summed E-state index contributed by atoms with van der Waals surface area (Å²) in [6.07, 6.45) is 4.04. The van der Waals surface area contributed by atoms with Gasteiger partial charge in [-0.1, -0.05) is 126 Å². The van der Waals surface area contributed by atoms with E-state index in [4.69, 9.17) is 0 Å². The van der Waals surface area contributed by atoms with Crippen molar-refractivity contribution in [3.05, 3.63) is 125 Å². The summed E-state index contributed by atoms with van der Waals surface area (Å²) in [4.78, 5) is 5.24. The van der Waals surface area contributed by atoms with E-state index in [1.54, 1.807) is 0 Å². The molecule has 4 heteroatoms. The molecule has 302 valence electrons. The van der Waals surface area contributed by atoms with Crippen molar-refractivity contribution in [2.75, 3.05) is 9.80 Å². The van der Waals surface area contributed by atoms with Crippen LogP contribution in [0, 0.1) is 23.7 Å². The first-order chi connectivity index (χ1) is 27.7. The quantitative estimate of drug-likeness (QED) is 0.164. The Morgan fingerprint density at radius 2 is 1.19 bits per heavy atom. The van der Waals surface area contributed by atoms with Crippen LogP contribution in [0.25, 0.3) is 10.1 Å². The molecule has 3 heterocycles. The van der Waals surface area contributed by atoms with E-state index in [2.05, 4.69) is 197 Å². The number of hydrogen-bond acceptors (Lipinski definition) is 3. The minimum Gasteiger partial charge on any atom is -0.311 e. The molecule has 3 atom stereocenters. The highest BCUT2D eigenvalue weighted by molar-refractivity contribution is 7.33. The van der Waals surface area contributed by atoms with Crippen LogP contribution in [0.5, 0.6) is 0 Å². The predicted octanol–water partition coefficient (Wildman–Crippen LogP) is 14.1. The monoisotopic (exact) mass is 794 g/mol. The number of aryl methyl sites for hydroxylation is 1. The molecule has 10 rings (SSSR count). The van der Waals surface area contributed by atoms with E-state index in [0.29, 0.717) is 16.7 Å². The normalized spacial score (nSPS) is 21.9. The summed E-state index contributed by atoms with van der Waals surface area (Å²) in [5.74, 6) is 1.43. The third kappa shape index (κ3) is 5.71. The van der Waals surface area contributed by atoms with Crippen LogP contribution in [-0.4, -0.2) is 6.71 Å². The van der Waals surface area contributed by atoms with Crippen molar-refractivity contribution in [2.45, 2.75) is 131 Å². The molecule has 2 aliphatic heterocycles. The highest BCUT2D eigenvalue weighted by atomic mass is 32.1. The fourth-order valence-electron chi connectivity index (χ4n) is 11.8. The SMILES string of the molecule is Cc1cc2c3c(c1)N(c1ccc(C4CC5CCC4(C)C5(C)C)cc1)c1c(sc4ccc(C(C)(C)C)cc14)B3c1cc(C(C)(C)C)ccc1N2c1ccc(C(C)(C)C)cc1. The van der Waals surface area contributed by atoms with Gasteiger partial charge in [0.05, 0.1) is 5.69 Å². The van der Waals surface area contributed by atoms with Crippen molar-refractivity contribution in [3.8, 4) is 0 Å². The molecular weight excluding hydrogens is 731 g/mol. The average molecular weight is 795 g/mol. The van der Waals surface area contributed by atoms with E-state index < -0.39 is 0 Å². The van der Waals surface area contributed by atoms with Crippen molar-refractivity contribution in [1.29, 1.82) is 0 Å². The van der Waals surface area contributed by atoms with Crippen molar-refractivity contribution in [3.63, 3.8) is 0 Å². The first kappa shape index (κ1) is 38.9. The number of fused-ring (bicyclic) bond motifs is 8. The van der Waals surface area contributed by atoms with Gasteiger partial charge in [-0.15, -0.1) is 11.3 Å². The molecule has 0 amide bonds. The highest BCUT2D eigenvalue weighted by Crippen LogP contribution is 2.71. The summed E-state index contributed by atoms with van der Waals surface area (Å²) in [5, 5.41) is 1.37. The van der Waals surface area contributed by atoms with Gasteiger partial charge >= 0.3 is 0 Å². The number of hydrogen-bond donors (Lipinski definition) is 0. The van der Waals surface area contributed by atoms with Gasteiger partial charge in [0.1, 0.15) is 0 Å². The largest absolute Gasteiger partial charge is 0.311 e. The molecular formula is C55H63BN2S. The molecule has 4 aliphatic rings. The molecule has 0 N–H and O–H groups in total. The topological polar surface area (TPSA) is 6.48 Å². The molecule has 2 bridgehead atoms. The molecule has 1 aromatic heterocycles. The Morgan fingerprint density at radius 1 is 0.627 bits per heavy atom. The summed E-state index contributed by atoms with van der Waals surface area (Å²) in [7, 11) is 0. The number of thiophene rings is 1. The first-order valence-electron chi connectivity index (χ1n) is 22.3. The molecule has 3 unspecified atom stereocenters. The summed E-state index contributed by atoms with van der Waals surface area (Å²) in [6, 6.07) is 38.9. The van der Waals surface area contributed by atoms with Crippen LogP contribution in [0.1, 0.15) is 136 Å². The van der Waals surface area contributed by atoms with Crippen molar-refractivity contribution in [1.82, 2.24) is 0 Å². The number of benzene rings is 5. The second-order valence-electron chi connectivity index (χ2n) is 22.7. The van der Waals surface area contributed by atoms with E-state index in [1.807, 2.05) is 11.3 Å². The van der Waals surface area contributed by atoms with Gasteiger partial charge in [-0.05, 0) is 158 Å². The molecule has 0 radical (unpaired) electrons. The fraction of sp³-hybridized carbons (Fsp3) is 0.418. The predicted molar refractivity (Wildman–Crippen MR) is 259 cm³/mol. The van der Waals surface area contributed by atoms with E-state index in [-0.39, 0.29) is 23.0 Å². The van der Waals surface area contributed by atoms with Crippen molar-refractivity contribution < 1.29 is 0 Å². The molecule has 2 saturated carbocycles. The lowest BCUT2D eigenvalue weighted by Crippen LogP contribution is -2.60. The highest BCUT2D eigenvalue weighted by Gasteiger charge is 2.61. The summed E-state index contributed by atoms with van der Waals surface area (Å²) in [5.41, 5.74) is 18.3. The van der Waals surface area contributed by atoms with Gasteiger partial charge in [0.15, 0.2) is 0 Å². The van der Waals surface area contributed by atoms with Crippen molar-refractivity contribution >= 4 is 78.0 Å². The van der Waals surface area contributed by atoms with Crippen LogP contribution in [0.2, 0.25) is 0 Å². The lowest BCUT2D eigenvalue weighted by Gasteiger charge is -2.44.